The summed E-state index contributed by atoms with van der Waals surface area (Å²) in [5.74, 6) is -0.0926. The number of benzene rings is 2. The lowest BCUT2D eigenvalue weighted by Gasteiger charge is -2.33. The number of carbonyl (C=O) groups is 1. The Morgan fingerprint density at radius 1 is 0.857 bits per heavy atom. The van der Waals surface area contributed by atoms with E-state index in [0.717, 1.165) is 60.0 Å². The number of hydrogen-bond acceptors (Lipinski definition) is 5. The molecule has 2 aromatic rings. The van der Waals surface area contributed by atoms with Crippen molar-refractivity contribution in [3.8, 4) is 0 Å². The average Bonchev–Trinajstić information content (AvgIpc) is 2.75. The first-order chi connectivity index (χ1) is 13.7. The van der Waals surface area contributed by atoms with E-state index in [2.05, 4.69) is 49.8 Å². The van der Waals surface area contributed by atoms with Crippen LogP contribution in [0.3, 0.4) is 0 Å². The summed E-state index contributed by atoms with van der Waals surface area (Å²) >= 11 is 2.24. The van der Waals surface area contributed by atoms with Gasteiger partial charge in [-0.25, -0.2) is 0 Å². The fourth-order valence-corrected chi connectivity index (χ4v) is 3.87. The lowest BCUT2D eigenvalue weighted by atomic mass is 10.1. The largest absolute Gasteiger partial charge is 0.378 e. The number of nitrogens with zero attached hydrogens (tertiary/aromatic N) is 2. The number of hydrogen-bond donors (Lipinski definition) is 1. The molecule has 0 saturated carbocycles. The highest BCUT2D eigenvalue weighted by Crippen LogP contribution is 2.32. The topological polar surface area (TPSA) is 54.0 Å². The van der Waals surface area contributed by atoms with Gasteiger partial charge < -0.3 is 24.6 Å². The molecular formula is C21H24IN3O3. The molecule has 6 nitrogen and oxygen atoms in total. The Labute approximate surface area is 178 Å². The van der Waals surface area contributed by atoms with Gasteiger partial charge in [0.05, 0.1) is 37.8 Å². The molecule has 0 unspecified atom stereocenters. The molecule has 28 heavy (non-hydrogen) atoms. The second kappa shape index (κ2) is 9.11. The van der Waals surface area contributed by atoms with E-state index in [1.165, 1.54) is 0 Å². The lowest BCUT2D eigenvalue weighted by Crippen LogP contribution is -2.38. The molecule has 0 bridgehead atoms. The number of nitrogens with one attached hydrogen (secondary N) is 1. The van der Waals surface area contributed by atoms with Gasteiger partial charge in [0.25, 0.3) is 5.91 Å². The molecule has 0 atom stereocenters. The molecule has 4 rings (SSSR count). The molecule has 0 aliphatic carbocycles. The summed E-state index contributed by atoms with van der Waals surface area (Å²) in [6, 6.07) is 13.9. The van der Waals surface area contributed by atoms with Crippen LogP contribution in [-0.4, -0.2) is 58.5 Å². The number of anilines is 3. The van der Waals surface area contributed by atoms with E-state index < -0.39 is 0 Å². The van der Waals surface area contributed by atoms with E-state index in [-0.39, 0.29) is 5.91 Å². The zero-order valence-electron chi connectivity index (χ0n) is 15.7. The van der Waals surface area contributed by atoms with Crippen molar-refractivity contribution in [1.29, 1.82) is 0 Å². The van der Waals surface area contributed by atoms with E-state index in [4.69, 9.17) is 9.47 Å². The van der Waals surface area contributed by atoms with Crippen LogP contribution in [0.15, 0.2) is 42.5 Å². The smallest absolute Gasteiger partial charge is 0.255 e. The van der Waals surface area contributed by atoms with Crippen molar-refractivity contribution in [2.75, 3.05) is 67.7 Å². The second-order valence-electron chi connectivity index (χ2n) is 6.86. The van der Waals surface area contributed by atoms with Crippen LogP contribution < -0.4 is 15.1 Å². The minimum atomic E-state index is -0.0926. The molecule has 7 heteroatoms. The Hall–Kier alpha value is -1.84. The molecule has 2 aliphatic rings. The number of morpholine rings is 2. The van der Waals surface area contributed by atoms with Crippen LogP contribution >= 0.6 is 22.6 Å². The third-order valence-corrected chi connectivity index (χ3v) is 5.78. The second-order valence-corrected chi connectivity index (χ2v) is 8.11. The fourth-order valence-electron chi connectivity index (χ4n) is 3.51. The predicted molar refractivity (Wildman–Crippen MR) is 120 cm³/mol. The quantitative estimate of drug-likeness (QED) is 0.664. The van der Waals surface area contributed by atoms with Crippen LogP contribution in [0.4, 0.5) is 17.1 Å². The summed E-state index contributed by atoms with van der Waals surface area (Å²) in [7, 11) is 0. The predicted octanol–water partition coefficient (Wildman–Crippen LogP) is 3.22. The summed E-state index contributed by atoms with van der Waals surface area (Å²) in [5.41, 5.74) is 3.70. The van der Waals surface area contributed by atoms with Crippen molar-refractivity contribution < 1.29 is 14.3 Å². The number of halogens is 1. The van der Waals surface area contributed by atoms with Gasteiger partial charge in [0.15, 0.2) is 0 Å². The Morgan fingerprint density at radius 2 is 1.46 bits per heavy atom. The van der Waals surface area contributed by atoms with Gasteiger partial charge in [0.2, 0.25) is 0 Å². The van der Waals surface area contributed by atoms with E-state index in [0.29, 0.717) is 18.8 Å². The molecule has 0 spiro atoms. The van der Waals surface area contributed by atoms with Gasteiger partial charge in [0.1, 0.15) is 0 Å². The van der Waals surface area contributed by atoms with Crippen LogP contribution in [0, 0.1) is 3.57 Å². The molecule has 0 aromatic heterocycles. The lowest BCUT2D eigenvalue weighted by molar-refractivity contribution is 0.102. The normalized spacial score (nSPS) is 17.5. The van der Waals surface area contributed by atoms with Gasteiger partial charge in [-0.1, -0.05) is 0 Å². The molecule has 2 fully saturated rings. The molecule has 2 saturated heterocycles. The summed E-state index contributed by atoms with van der Waals surface area (Å²) < 4.78 is 12.1. The van der Waals surface area contributed by atoms with Gasteiger partial charge in [-0.3, -0.25) is 4.79 Å². The monoisotopic (exact) mass is 493 g/mol. The summed E-state index contributed by atoms with van der Waals surface area (Å²) in [6.07, 6.45) is 0. The average molecular weight is 493 g/mol. The van der Waals surface area contributed by atoms with Crippen molar-refractivity contribution in [1.82, 2.24) is 0 Å². The number of ether oxygens (including phenoxy) is 2. The Balaban J connectivity index is 1.60. The van der Waals surface area contributed by atoms with Gasteiger partial charge in [-0.05, 0) is 65.1 Å². The fraction of sp³-hybridized carbons (Fsp3) is 0.381. The molecule has 2 heterocycles. The van der Waals surface area contributed by atoms with E-state index in [9.17, 15) is 4.79 Å². The van der Waals surface area contributed by atoms with Crippen LogP contribution in [-0.2, 0) is 9.47 Å². The number of carbonyl (C=O) groups excluding carboxylic acids is 1. The molecule has 0 radical (unpaired) electrons. The van der Waals surface area contributed by atoms with Crippen molar-refractivity contribution in [3.05, 3.63) is 51.6 Å². The number of amides is 1. The standard InChI is InChI=1S/C21H24IN3O3/c22-17-3-1-16(2-4-17)21(26)23-19-6-5-18(24-7-11-27-12-8-24)15-20(19)25-9-13-28-14-10-25/h1-6,15H,7-14H2,(H,23,26). The van der Waals surface area contributed by atoms with Crippen molar-refractivity contribution >= 4 is 45.6 Å². The van der Waals surface area contributed by atoms with Gasteiger partial charge >= 0.3 is 0 Å². The van der Waals surface area contributed by atoms with Crippen molar-refractivity contribution in [2.24, 2.45) is 0 Å². The van der Waals surface area contributed by atoms with Gasteiger partial charge in [-0.2, -0.15) is 0 Å². The van der Waals surface area contributed by atoms with Gasteiger partial charge in [-0.15, -0.1) is 0 Å². The summed E-state index contributed by atoms with van der Waals surface area (Å²) in [5, 5.41) is 3.11. The Morgan fingerprint density at radius 3 is 2.11 bits per heavy atom. The van der Waals surface area contributed by atoms with Crippen LogP contribution in [0.5, 0.6) is 0 Å². The first-order valence-corrected chi connectivity index (χ1v) is 10.6. The van der Waals surface area contributed by atoms with Gasteiger partial charge in [0, 0.05) is 41.0 Å². The first kappa shape index (κ1) is 19.5. The van der Waals surface area contributed by atoms with Crippen LogP contribution in [0.2, 0.25) is 0 Å². The maximum Gasteiger partial charge on any atom is 0.255 e. The Bertz CT molecular complexity index is 816. The first-order valence-electron chi connectivity index (χ1n) is 9.57. The third-order valence-electron chi connectivity index (χ3n) is 5.06. The summed E-state index contributed by atoms with van der Waals surface area (Å²) in [6.45, 7) is 6.31. The van der Waals surface area contributed by atoms with E-state index in [1.54, 1.807) is 0 Å². The highest BCUT2D eigenvalue weighted by Gasteiger charge is 2.20. The molecular weight excluding hydrogens is 469 g/mol. The molecule has 148 valence electrons. The summed E-state index contributed by atoms with van der Waals surface area (Å²) in [4.78, 5) is 17.4. The maximum atomic E-state index is 12.8. The molecule has 1 amide bonds. The van der Waals surface area contributed by atoms with Crippen LogP contribution in [0.1, 0.15) is 10.4 Å². The minimum absolute atomic E-state index is 0.0926. The van der Waals surface area contributed by atoms with Crippen molar-refractivity contribution in [2.45, 2.75) is 0 Å². The molecule has 2 aliphatic heterocycles. The minimum Gasteiger partial charge on any atom is -0.378 e. The highest BCUT2D eigenvalue weighted by molar-refractivity contribution is 14.1. The third kappa shape index (κ3) is 4.59. The highest BCUT2D eigenvalue weighted by atomic mass is 127. The van der Waals surface area contributed by atoms with Crippen molar-refractivity contribution in [3.63, 3.8) is 0 Å². The van der Waals surface area contributed by atoms with E-state index >= 15 is 0 Å². The maximum absolute atomic E-state index is 12.8. The molecule has 1 N–H and O–H groups in total. The zero-order valence-corrected chi connectivity index (χ0v) is 17.9. The van der Waals surface area contributed by atoms with Crippen LogP contribution in [0.25, 0.3) is 0 Å². The Kier molecular flexibility index (Phi) is 6.33. The SMILES string of the molecule is O=C(Nc1ccc(N2CCOCC2)cc1N1CCOCC1)c1ccc(I)cc1. The zero-order chi connectivity index (χ0) is 19.3. The van der Waals surface area contributed by atoms with E-state index in [1.807, 2.05) is 30.3 Å². The molecule has 2 aromatic carbocycles. The number of rotatable bonds is 4.